The van der Waals surface area contributed by atoms with Gasteiger partial charge in [0.25, 0.3) is 0 Å². The van der Waals surface area contributed by atoms with Gasteiger partial charge in [0, 0.05) is 8.95 Å². The summed E-state index contributed by atoms with van der Waals surface area (Å²) in [4.78, 5) is 0. The molecule has 110 valence electrons. The van der Waals surface area contributed by atoms with Crippen LogP contribution in [-0.2, 0) is 0 Å². The molecule has 0 heterocycles. The van der Waals surface area contributed by atoms with Gasteiger partial charge in [-0.15, -0.1) is 11.1 Å². The predicted octanol–water partition coefficient (Wildman–Crippen LogP) is 4.42. The number of rotatable bonds is 3. The number of hydrogen-bond acceptors (Lipinski definition) is 0. The zero-order valence-corrected chi connectivity index (χ0v) is 16.6. The lowest BCUT2D eigenvalue weighted by Crippen LogP contribution is -2.63. The molecule has 1 atom stereocenters. The zero-order valence-electron chi connectivity index (χ0n) is 11.6. The highest BCUT2D eigenvalue weighted by molar-refractivity contribution is 9.11. The fraction of sp³-hybridized carbons (Fsp3) is 0. The maximum Gasteiger partial charge on any atom is 0.249 e. The van der Waals surface area contributed by atoms with Crippen LogP contribution in [0.5, 0.6) is 0 Å². The summed E-state index contributed by atoms with van der Waals surface area (Å²) >= 11 is 14.6. The van der Waals surface area contributed by atoms with Gasteiger partial charge in [0.05, 0.1) is 0 Å². The Morgan fingerprint density at radius 3 is 2.00 bits per heavy atom. The summed E-state index contributed by atoms with van der Waals surface area (Å²) in [7, 11) is -2.56. The quantitative estimate of drug-likeness (QED) is 0.314. The molecule has 3 aromatic carbocycles. The molecule has 3 aromatic rings. The second-order valence-corrected chi connectivity index (χ2v) is 11.5. The Labute approximate surface area is 153 Å². The van der Waals surface area contributed by atoms with Gasteiger partial charge in [-0.05, 0) is 33.8 Å². The summed E-state index contributed by atoms with van der Waals surface area (Å²) in [6.07, 6.45) is 0. The maximum atomic E-state index is 7.38. The predicted molar refractivity (Wildman–Crippen MR) is 105 cm³/mol. The van der Waals surface area contributed by atoms with E-state index in [4.69, 9.17) is 11.1 Å². The van der Waals surface area contributed by atoms with E-state index in [1.54, 1.807) is 0 Å². The van der Waals surface area contributed by atoms with Gasteiger partial charge in [0.1, 0.15) is 0 Å². The minimum absolute atomic E-state index is 1.05. The minimum Gasteiger partial charge on any atom is -0.149 e. The molecule has 0 bridgehead atoms. The molecule has 0 fully saturated rings. The average molecular weight is 453 g/mol. The Morgan fingerprint density at radius 1 is 0.682 bits per heavy atom. The molecule has 0 spiro atoms. The average Bonchev–Trinajstić information content (AvgIpc) is 2.55. The Hall–Kier alpha value is -0.873. The Kier molecular flexibility index (Phi) is 4.88. The van der Waals surface area contributed by atoms with E-state index < -0.39 is 7.38 Å². The van der Waals surface area contributed by atoms with Crippen molar-refractivity contribution in [2.45, 2.75) is 0 Å². The Balaban J connectivity index is 2.30. The molecule has 0 amide bonds. The van der Waals surface area contributed by atoms with Crippen molar-refractivity contribution in [3.63, 3.8) is 0 Å². The molecule has 0 nitrogen and oxygen atoms in total. The largest absolute Gasteiger partial charge is 0.249 e. The Morgan fingerprint density at radius 2 is 1.32 bits per heavy atom. The summed E-state index contributed by atoms with van der Waals surface area (Å²) in [5.41, 5.74) is 0. The van der Waals surface area contributed by atoms with Gasteiger partial charge in [-0.3, -0.25) is 0 Å². The number of benzene rings is 3. The second kappa shape index (κ2) is 6.71. The van der Waals surface area contributed by atoms with Gasteiger partial charge in [-0.2, -0.15) is 0 Å². The fourth-order valence-electron chi connectivity index (χ4n) is 2.59. The molecule has 3 rings (SSSR count). The van der Waals surface area contributed by atoms with E-state index in [1.165, 1.54) is 15.6 Å². The third-order valence-corrected chi connectivity index (χ3v) is 10.5. The minimum atomic E-state index is -2.56. The summed E-state index contributed by atoms with van der Waals surface area (Å²) in [5.74, 6) is 0. The van der Waals surface area contributed by atoms with Gasteiger partial charge in [-0.1, -0.05) is 92.5 Å². The van der Waals surface area contributed by atoms with Crippen LogP contribution in [0.4, 0.5) is 0 Å². The van der Waals surface area contributed by atoms with E-state index in [2.05, 4.69) is 68.3 Å². The summed E-state index contributed by atoms with van der Waals surface area (Å²) in [6, 6.07) is 26.9. The van der Waals surface area contributed by atoms with Crippen LogP contribution < -0.4 is 15.6 Å². The van der Waals surface area contributed by atoms with E-state index in [9.17, 15) is 0 Å². The molecule has 0 N–H and O–H groups in total. The van der Waals surface area contributed by atoms with Crippen LogP contribution in [0.3, 0.4) is 0 Å². The molecular formula is C18H13Br2ClSi. The van der Waals surface area contributed by atoms with Crippen LogP contribution >= 0.6 is 42.9 Å². The third kappa shape index (κ3) is 2.95. The van der Waals surface area contributed by atoms with Gasteiger partial charge in [0.2, 0.25) is 7.38 Å². The number of halogens is 3. The first-order valence-electron chi connectivity index (χ1n) is 6.88. The van der Waals surface area contributed by atoms with Crippen molar-refractivity contribution in [1.29, 1.82) is 0 Å². The monoisotopic (exact) mass is 450 g/mol. The molecule has 0 aliphatic rings. The van der Waals surface area contributed by atoms with Crippen LogP contribution in [0.15, 0.2) is 87.8 Å². The van der Waals surface area contributed by atoms with Crippen LogP contribution in [0.2, 0.25) is 0 Å². The first-order chi connectivity index (χ1) is 10.6. The number of hydrogen-bond donors (Lipinski definition) is 0. The normalized spacial score (nSPS) is 13.6. The van der Waals surface area contributed by atoms with E-state index in [1.807, 2.05) is 42.5 Å². The van der Waals surface area contributed by atoms with E-state index in [0.717, 1.165) is 8.95 Å². The first-order valence-corrected chi connectivity index (χ1v) is 11.5. The van der Waals surface area contributed by atoms with Crippen molar-refractivity contribution in [1.82, 2.24) is 0 Å². The van der Waals surface area contributed by atoms with E-state index in [0.29, 0.717) is 0 Å². The smallest absolute Gasteiger partial charge is 0.149 e. The van der Waals surface area contributed by atoms with Crippen LogP contribution in [0.25, 0.3) is 0 Å². The standard InChI is InChI=1S/C18H13Br2ClSi/c19-14-7-6-10-16(13-14)22(21,15-8-2-1-3-9-15)18-12-5-4-11-17(18)20/h1-13H. The molecule has 0 saturated heterocycles. The van der Waals surface area contributed by atoms with Gasteiger partial charge in [-0.25, -0.2) is 0 Å². The molecular weight excluding hydrogens is 440 g/mol. The topological polar surface area (TPSA) is 0 Å². The van der Waals surface area contributed by atoms with Crippen molar-refractivity contribution in [3.8, 4) is 0 Å². The van der Waals surface area contributed by atoms with Crippen LogP contribution in [0.1, 0.15) is 0 Å². The zero-order chi connectivity index (χ0) is 15.6. The molecule has 0 aromatic heterocycles. The summed E-state index contributed by atoms with van der Waals surface area (Å²) in [6.45, 7) is 0. The van der Waals surface area contributed by atoms with Crippen molar-refractivity contribution in [2.24, 2.45) is 0 Å². The first kappa shape index (κ1) is 16.0. The van der Waals surface area contributed by atoms with Crippen molar-refractivity contribution in [2.75, 3.05) is 0 Å². The lowest BCUT2D eigenvalue weighted by molar-refractivity contribution is 1.66. The lowest BCUT2D eigenvalue weighted by Gasteiger charge is -2.27. The highest BCUT2D eigenvalue weighted by Gasteiger charge is 2.39. The summed E-state index contributed by atoms with van der Waals surface area (Å²) < 4.78 is 2.10. The fourth-order valence-corrected chi connectivity index (χ4v) is 8.97. The van der Waals surface area contributed by atoms with Crippen molar-refractivity contribution < 1.29 is 0 Å². The SMILES string of the molecule is Cl[Si](c1ccccc1)(c1cccc(Br)c1)c1ccccc1Br. The van der Waals surface area contributed by atoms with Gasteiger partial charge >= 0.3 is 0 Å². The summed E-state index contributed by atoms with van der Waals surface area (Å²) in [5, 5.41) is 3.52. The highest BCUT2D eigenvalue weighted by atomic mass is 79.9. The molecule has 0 saturated carbocycles. The molecule has 0 radical (unpaired) electrons. The van der Waals surface area contributed by atoms with E-state index >= 15 is 0 Å². The van der Waals surface area contributed by atoms with Gasteiger partial charge < -0.3 is 0 Å². The Bertz CT molecular complexity index is 792. The molecule has 4 heteroatoms. The van der Waals surface area contributed by atoms with E-state index in [-0.39, 0.29) is 0 Å². The third-order valence-electron chi connectivity index (χ3n) is 3.64. The maximum absolute atomic E-state index is 7.38. The van der Waals surface area contributed by atoms with Crippen LogP contribution in [-0.4, -0.2) is 7.38 Å². The molecule has 0 aliphatic carbocycles. The van der Waals surface area contributed by atoms with Crippen molar-refractivity contribution in [3.05, 3.63) is 87.8 Å². The molecule has 0 aliphatic heterocycles. The second-order valence-electron chi connectivity index (χ2n) is 5.01. The van der Waals surface area contributed by atoms with Crippen LogP contribution in [0, 0.1) is 0 Å². The molecule has 1 unspecified atom stereocenters. The lowest BCUT2D eigenvalue weighted by atomic mass is 10.3. The highest BCUT2D eigenvalue weighted by Crippen LogP contribution is 2.19. The van der Waals surface area contributed by atoms with Gasteiger partial charge in [0.15, 0.2) is 0 Å². The molecule has 22 heavy (non-hydrogen) atoms. The van der Waals surface area contributed by atoms with Crippen molar-refractivity contribution >= 4 is 65.9 Å².